The molecule has 1 aliphatic heterocycles. The first-order valence-electron chi connectivity index (χ1n) is 9.17. The summed E-state index contributed by atoms with van der Waals surface area (Å²) in [7, 11) is 0. The van der Waals surface area contributed by atoms with Gasteiger partial charge in [-0.05, 0) is 63.0 Å². The molecule has 1 amide bonds. The fraction of sp³-hybridized carbons (Fsp3) is 0.421. The topological polar surface area (TPSA) is 85.0 Å². The van der Waals surface area contributed by atoms with Gasteiger partial charge in [-0.25, -0.2) is 4.98 Å². The van der Waals surface area contributed by atoms with Crippen LogP contribution in [0.2, 0.25) is 0 Å². The van der Waals surface area contributed by atoms with Crippen LogP contribution in [0.4, 0.5) is 5.69 Å². The second-order valence-corrected chi connectivity index (χ2v) is 7.20. The SMILES string of the molecule is O=C(Nc1ccc2oc(C3CC3)nc2c1)C1(n2cccn2)CCNCC1. The first kappa shape index (κ1) is 15.6. The lowest BCUT2D eigenvalue weighted by Crippen LogP contribution is -2.52. The van der Waals surface area contributed by atoms with Gasteiger partial charge in [0.25, 0.3) is 5.91 Å². The Balaban J connectivity index is 1.43. The number of rotatable bonds is 4. The van der Waals surface area contributed by atoms with Gasteiger partial charge >= 0.3 is 0 Å². The number of nitrogens with one attached hydrogen (secondary N) is 2. The van der Waals surface area contributed by atoms with Crippen LogP contribution in [0.3, 0.4) is 0 Å². The Kier molecular flexibility index (Phi) is 3.56. The zero-order chi connectivity index (χ0) is 17.6. The fourth-order valence-electron chi connectivity index (χ4n) is 3.70. The predicted octanol–water partition coefficient (Wildman–Crippen LogP) is 2.62. The highest BCUT2D eigenvalue weighted by atomic mass is 16.3. The van der Waals surface area contributed by atoms with E-state index in [0.29, 0.717) is 18.8 Å². The fourth-order valence-corrected chi connectivity index (χ4v) is 3.70. The van der Waals surface area contributed by atoms with Gasteiger partial charge in [0.1, 0.15) is 11.1 Å². The molecule has 3 heterocycles. The van der Waals surface area contributed by atoms with Crippen molar-refractivity contribution in [3.8, 4) is 0 Å². The molecule has 2 aromatic heterocycles. The minimum Gasteiger partial charge on any atom is -0.440 e. The van der Waals surface area contributed by atoms with Gasteiger partial charge in [0, 0.05) is 24.0 Å². The Bertz CT molecular complexity index is 936. The molecular weight excluding hydrogens is 330 g/mol. The average molecular weight is 351 g/mol. The first-order valence-corrected chi connectivity index (χ1v) is 9.17. The summed E-state index contributed by atoms with van der Waals surface area (Å²) in [6.45, 7) is 1.58. The van der Waals surface area contributed by atoms with Crippen LogP contribution in [0.25, 0.3) is 11.1 Å². The minimum absolute atomic E-state index is 0.0343. The third-order valence-corrected chi connectivity index (χ3v) is 5.38. The normalized spacial score (nSPS) is 19.5. The Morgan fingerprint density at radius 3 is 2.88 bits per heavy atom. The molecule has 1 aliphatic carbocycles. The van der Waals surface area contributed by atoms with Crippen molar-refractivity contribution < 1.29 is 9.21 Å². The molecule has 0 unspecified atom stereocenters. The minimum atomic E-state index is -0.660. The molecule has 0 radical (unpaired) electrons. The summed E-state index contributed by atoms with van der Waals surface area (Å²) < 4.78 is 7.60. The molecule has 3 aromatic rings. The van der Waals surface area contributed by atoms with E-state index in [-0.39, 0.29) is 5.91 Å². The molecule has 26 heavy (non-hydrogen) atoms. The van der Waals surface area contributed by atoms with E-state index in [1.807, 2.05) is 30.5 Å². The number of carbonyl (C=O) groups excluding carboxylic acids is 1. The van der Waals surface area contributed by atoms with E-state index in [0.717, 1.165) is 48.6 Å². The summed E-state index contributed by atoms with van der Waals surface area (Å²) >= 11 is 0. The number of piperidine rings is 1. The second-order valence-electron chi connectivity index (χ2n) is 7.20. The standard InChI is InChI=1S/C19H21N5O2/c25-18(19(6-9-20-10-7-19)24-11-1-8-21-24)22-14-4-5-16-15(12-14)23-17(26-16)13-2-3-13/h1,4-5,8,11-13,20H,2-3,6-7,9-10H2,(H,22,25). The third-order valence-electron chi connectivity index (χ3n) is 5.38. The highest BCUT2D eigenvalue weighted by molar-refractivity contribution is 5.98. The van der Waals surface area contributed by atoms with Crippen molar-refractivity contribution in [1.82, 2.24) is 20.1 Å². The van der Waals surface area contributed by atoms with Crippen LogP contribution in [0.15, 0.2) is 41.1 Å². The number of benzene rings is 1. The molecule has 134 valence electrons. The van der Waals surface area contributed by atoms with Crippen molar-refractivity contribution in [3.05, 3.63) is 42.5 Å². The molecule has 0 bridgehead atoms. The maximum absolute atomic E-state index is 13.2. The zero-order valence-electron chi connectivity index (χ0n) is 14.4. The quantitative estimate of drug-likeness (QED) is 0.755. The predicted molar refractivity (Wildman–Crippen MR) is 96.9 cm³/mol. The van der Waals surface area contributed by atoms with Crippen LogP contribution in [0.1, 0.15) is 37.5 Å². The summed E-state index contributed by atoms with van der Waals surface area (Å²) in [5, 5.41) is 10.8. The lowest BCUT2D eigenvalue weighted by molar-refractivity contribution is -0.126. The van der Waals surface area contributed by atoms with Crippen LogP contribution < -0.4 is 10.6 Å². The van der Waals surface area contributed by atoms with E-state index in [1.165, 1.54) is 0 Å². The van der Waals surface area contributed by atoms with E-state index in [1.54, 1.807) is 10.9 Å². The number of hydrogen-bond acceptors (Lipinski definition) is 5. The number of carbonyl (C=O) groups is 1. The Morgan fingerprint density at radius 2 is 2.15 bits per heavy atom. The number of oxazole rings is 1. The molecule has 5 rings (SSSR count). The van der Waals surface area contributed by atoms with Gasteiger partial charge in [-0.1, -0.05) is 0 Å². The summed E-state index contributed by atoms with van der Waals surface area (Å²) in [4.78, 5) is 17.8. The van der Waals surface area contributed by atoms with Crippen LogP contribution in [0, 0.1) is 0 Å². The van der Waals surface area contributed by atoms with Gasteiger partial charge in [0.15, 0.2) is 11.5 Å². The smallest absolute Gasteiger partial charge is 0.252 e. The Hall–Kier alpha value is -2.67. The van der Waals surface area contributed by atoms with Crippen LogP contribution in [0.5, 0.6) is 0 Å². The summed E-state index contributed by atoms with van der Waals surface area (Å²) in [6, 6.07) is 7.51. The lowest BCUT2D eigenvalue weighted by Gasteiger charge is -2.36. The molecule has 0 atom stereocenters. The zero-order valence-corrected chi connectivity index (χ0v) is 14.4. The largest absolute Gasteiger partial charge is 0.440 e. The maximum atomic E-state index is 13.2. The third kappa shape index (κ3) is 2.59. The van der Waals surface area contributed by atoms with E-state index < -0.39 is 5.54 Å². The molecule has 2 fully saturated rings. The van der Waals surface area contributed by atoms with Crippen LogP contribution in [-0.2, 0) is 10.3 Å². The van der Waals surface area contributed by atoms with Crippen LogP contribution in [-0.4, -0.2) is 33.8 Å². The van der Waals surface area contributed by atoms with E-state index in [4.69, 9.17) is 4.42 Å². The average Bonchev–Trinajstić information content (AvgIpc) is 3.19. The summed E-state index contributed by atoms with van der Waals surface area (Å²) in [5.41, 5.74) is 1.65. The highest BCUT2D eigenvalue weighted by Crippen LogP contribution is 2.40. The second kappa shape index (κ2) is 5.95. The molecule has 1 saturated carbocycles. The first-order chi connectivity index (χ1) is 12.7. The summed E-state index contributed by atoms with van der Waals surface area (Å²) in [6.07, 6.45) is 7.30. The van der Waals surface area contributed by atoms with E-state index in [2.05, 4.69) is 20.7 Å². The molecule has 1 saturated heterocycles. The molecule has 1 aromatic carbocycles. The number of anilines is 1. The van der Waals surface area contributed by atoms with Gasteiger partial charge in [-0.15, -0.1) is 0 Å². The maximum Gasteiger partial charge on any atom is 0.252 e. The van der Waals surface area contributed by atoms with Crippen molar-refractivity contribution in [2.75, 3.05) is 18.4 Å². The molecule has 0 spiro atoms. The molecule has 7 heteroatoms. The monoisotopic (exact) mass is 351 g/mol. The van der Waals surface area contributed by atoms with Crippen molar-refractivity contribution in [2.24, 2.45) is 0 Å². The Morgan fingerprint density at radius 1 is 1.31 bits per heavy atom. The van der Waals surface area contributed by atoms with Crippen molar-refractivity contribution in [2.45, 2.75) is 37.1 Å². The van der Waals surface area contributed by atoms with Crippen LogP contribution >= 0.6 is 0 Å². The lowest BCUT2D eigenvalue weighted by atomic mass is 9.87. The summed E-state index contributed by atoms with van der Waals surface area (Å²) in [5.74, 6) is 1.25. The molecule has 2 N–H and O–H groups in total. The van der Waals surface area contributed by atoms with Crippen molar-refractivity contribution in [1.29, 1.82) is 0 Å². The molecular formula is C19H21N5O2. The van der Waals surface area contributed by atoms with Crippen molar-refractivity contribution >= 4 is 22.7 Å². The number of amides is 1. The van der Waals surface area contributed by atoms with Gasteiger partial charge in [-0.3, -0.25) is 9.48 Å². The van der Waals surface area contributed by atoms with Gasteiger partial charge in [0.05, 0.1) is 0 Å². The highest BCUT2D eigenvalue weighted by Gasteiger charge is 2.42. The van der Waals surface area contributed by atoms with E-state index >= 15 is 0 Å². The Labute approximate surface area is 150 Å². The number of aromatic nitrogens is 3. The number of fused-ring (bicyclic) bond motifs is 1. The molecule has 2 aliphatic rings. The number of hydrogen-bond donors (Lipinski definition) is 2. The number of nitrogens with zero attached hydrogens (tertiary/aromatic N) is 3. The van der Waals surface area contributed by atoms with Gasteiger partial charge in [-0.2, -0.15) is 5.10 Å². The van der Waals surface area contributed by atoms with E-state index in [9.17, 15) is 4.79 Å². The van der Waals surface area contributed by atoms with Gasteiger partial charge in [0.2, 0.25) is 0 Å². The van der Waals surface area contributed by atoms with Gasteiger partial charge < -0.3 is 15.1 Å². The molecule has 7 nitrogen and oxygen atoms in total. The van der Waals surface area contributed by atoms with Crippen molar-refractivity contribution in [3.63, 3.8) is 0 Å².